The van der Waals surface area contributed by atoms with Crippen LogP contribution in [0.5, 0.6) is 0 Å². The molecule has 1 aliphatic heterocycles. The molecule has 1 aliphatic carbocycles. The molecule has 1 amide bonds. The number of carbonyl (C=O) groups is 1. The van der Waals surface area contributed by atoms with Crippen LogP contribution < -0.4 is 10.2 Å². The maximum atomic E-state index is 12.7. The van der Waals surface area contributed by atoms with Crippen molar-refractivity contribution in [3.63, 3.8) is 0 Å². The molecule has 2 atom stereocenters. The van der Waals surface area contributed by atoms with Crippen molar-refractivity contribution in [2.75, 3.05) is 18.0 Å². The highest BCUT2D eigenvalue weighted by molar-refractivity contribution is 5.79. The number of aliphatic hydroxyl groups excluding tert-OH is 1. The van der Waals surface area contributed by atoms with Crippen molar-refractivity contribution in [3.8, 4) is 0 Å². The Labute approximate surface area is 146 Å². The van der Waals surface area contributed by atoms with E-state index in [2.05, 4.69) is 20.2 Å². The molecular weight excluding hydrogens is 316 g/mol. The smallest absolute Gasteiger partial charge is 0.223 e. The van der Waals surface area contributed by atoms with Gasteiger partial charge in [0.1, 0.15) is 5.82 Å². The second-order valence-electron chi connectivity index (χ2n) is 6.78. The van der Waals surface area contributed by atoms with Crippen LogP contribution in [0.25, 0.3) is 0 Å². The summed E-state index contributed by atoms with van der Waals surface area (Å²) in [5.41, 5.74) is 2.16. The molecule has 0 bridgehead atoms. The molecule has 2 N–H and O–H groups in total. The van der Waals surface area contributed by atoms with E-state index in [4.69, 9.17) is 0 Å². The number of piperidine rings is 1. The molecule has 0 saturated carbocycles. The zero-order chi connectivity index (χ0) is 17.2. The SMILES string of the molecule is O=C(N[C@@H]1c2ccccc2C[C@@H]1O)C1CCN(c2cnccn2)CC1. The summed E-state index contributed by atoms with van der Waals surface area (Å²) in [7, 11) is 0. The first kappa shape index (κ1) is 16.0. The fraction of sp³-hybridized carbons (Fsp3) is 0.421. The summed E-state index contributed by atoms with van der Waals surface area (Å²) >= 11 is 0. The Morgan fingerprint density at radius 1 is 1.20 bits per heavy atom. The Kier molecular flexibility index (Phi) is 4.36. The summed E-state index contributed by atoms with van der Waals surface area (Å²) in [6.07, 6.45) is 6.74. The first-order chi connectivity index (χ1) is 12.2. The number of nitrogens with zero attached hydrogens (tertiary/aromatic N) is 3. The Balaban J connectivity index is 1.37. The molecule has 0 radical (unpaired) electrons. The van der Waals surface area contributed by atoms with Gasteiger partial charge < -0.3 is 15.3 Å². The highest BCUT2D eigenvalue weighted by Crippen LogP contribution is 2.32. The number of anilines is 1. The molecule has 2 heterocycles. The number of aliphatic hydroxyl groups is 1. The minimum Gasteiger partial charge on any atom is -0.390 e. The van der Waals surface area contributed by atoms with Crippen LogP contribution in [0.15, 0.2) is 42.9 Å². The predicted molar refractivity (Wildman–Crippen MR) is 94.0 cm³/mol. The molecule has 6 heteroatoms. The molecule has 130 valence electrons. The van der Waals surface area contributed by atoms with Gasteiger partial charge in [-0.25, -0.2) is 4.98 Å². The Morgan fingerprint density at radius 3 is 2.76 bits per heavy atom. The number of hydrogen-bond donors (Lipinski definition) is 2. The molecule has 1 fully saturated rings. The number of carbonyl (C=O) groups excluding carboxylic acids is 1. The molecule has 1 aromatic carbocycles. The van der Waals surface area contributed by atoms with Gasteiger partial charge in [-0.3, -0.25) is 9.78 Å². The minimum atomic E-state index is -0.541. The molecule has 0 unspecified atom stereocenters. The summed E-state index contributed by atoms with van der Waals surface area (Å²) in [6, 6.07) is 7.65. The quantitative estimate of drug-likeness (QED) is 0.886. The highest BCUT2D eigenvalue weighted by Gasteiger charge is 2.34. The number of hydrogen-bond acceptors (Lipinski definition) is 5. The van der Waals surface area contributed by atoms with E-state index in [-0.39, 0.29) is 17.9 Å². The van der Waals surface area contributed by atoms with Crippen LogP contribution in [0.3, 0.4) is 0 Å². The average molecular weight is 338 g/mol. The van der Waals surface area contributed by atoms with Crippen molar-refractivity contribution in [2.24, 2.45) is 5.92 Å². The fourth-order valence-electron chi connectivity index (χ4n) is 3.84. The van der Waals surface area contributed by atoms with Crippen molar-refractivity contribution < 1.29 is 9.90 Å². The summed E-state index contributed by atoms with van der Waals surface area (Å²) in [6.45, 7) is 1.58. The van der Waals surface area contributed by atoms with Gasteiger partial charge in [-0.05, 0) is 24.0 Å². The van der Waals surface area contributed by atoms with E-state index in [9.17, 15) is 9.90 Å². The van der Waals surface area contributed by atoms with Crippen LogP contribution in [0.2, 0.25) is 0 Å². The van der Waals surface area contributed by atoms with E-state index >= 15 is 0 Å². The summed E-state index contributed by atoms with van der Waals surface area (Å²) in [5.74, 6) is 0.883. The topological polar surface area (TPSA) is 78.4 Å². The molecule has 4 rings (SSSR count). The van der Waals surface area contributed by atoms with E-state index in [0.717, 1.165) is 42.9 Å². The molecule has 0 spiro atoms. The van der Waals surface area contributed by atoms with Crippen LogP contribution >= 0.6 is 0 Å². The van der Waals surface area contributed by atoms with Crippen LogP contribution in [0, 0.1) is 5.92 Å². The van der Waals surface area contributed by atoms with Crippen molar-refractivity contribution in [2.45, 2.75) is 31.4 Å². The van der Waals surface area contributed by atoms with Gasteiger partial charge in [0.05, 0.1) is 18.3 Å². The number of fused-ring (bicyclic) bond motifs is 1. The summed E-state index contributed by atoms with van der Waals surface area (Å²) in [5, 5.41) is 13.4. The first-order valence-corrected chi connectivity index (χ1v) is 8.79. The summed E-state index contributed by atoms with van der Waals surface area (Å²) in [4.78, 5) is 23.3. The second kappa shape index (κ2) is 6.80. The first-order valence-electron chi connectivity index (χ1n) is 8.79. The number of benzene rings is 1. The van der Waals surface area contributed by atoms with Crippen molar-refractivity contribution in [3.05, 3.63) is 54.0 Å². The van der Waals surface area contributed by atoms with Gasteiger partial charge in [-0.1, -0.05) is 24.3 Å². The predicted octanol–water partition coefficient (Wildman–Crippen LogP) is 1.47. The average Bonchev–Trinajstić information content (AvgIpc) is 2.98. The lowest BCUT2D eigenvalue weighted by Crippen LogP contribution is -2.43. The maximum absolute atomic E-state index is 12.7. The van der Waals surface area contributed by atoms with Crippen molar-refractivity contribution >= 4 is 11.7 Å². The van der Waals surface area contributed by atoms with E-state index in [0.29, 0.717) is 6.42 Å². The molecule has 1 aromatic heterocycles. The molecule has 25 heavy (non-hydrogen) atoms. The number of rotatable bonds is 3. The molecular formula is C19H22N4O2. The zero-order valence-electron chi connectivity index (χ0n) is 14.0. The van der Waals surface area contributed by atoms with Gasteiger partial charge in [0, 0.05) is 37.8 Å². The number of amides is 1. The van der Waals surface area contributed by atoms with Crippen LogP contribution in [-0.2, 0) is 11.2 Å². The monoisotopic (exact) mass is 338 g/mol. The summed E-state index contributed by atoms with van der Waals surface area (Å²) < 4.78 is 0. The van der Waals surface area contributed by atoms with Gasteiger partial charge in [-0.15, -0.1) is 0 Å². The standard InChI is InChI=1S/C19H22N4O2/c24-16-11-14-3-1-2-4-15(14)18(16)22-19(25)13-5-9-23(10-6-13)17-12-20-7-8-21-17/h1-4,7-8,12-13,16,18,24H,5-6,9-11H2,(H,22,25)/t16-,18+/m0/s1. The fourth-order valence-corrected chi connectivity index (χ4v) is 3.84. The van der Waals surface area contributed by atoms with E-state index in [1.54, 1.807) is 18.6 Å². The van der Waals surface area contributed by atoms with Crippen LogP contribution in [-0.4, -0.2) is 40.2 Å². The Bertz CT molecular complexity index is 744. The van der Waals surface area contributed by atoms with E-state index < -0.39 is 6.10 Å². The lowest BCUT2D eigenvalue weighted by atomic mass is 9.95. The lowest BCUT2D eigenvalue weighted by Gasteiger charge is -2.32. The molecule has 2 aromatic rings. The van der Waals surface area contributed by atoms with Crippen molar-refractivity contribution in [1.82, 2.24) is 15.3 Å². The van der Waals surface area contributed by atoms with Gasteiger partial charge in [0.25, 0.3) is 0 Å². The van der Waals surface area contributed by atoms with Gasteiger partial charge in [-0.2, -0.15) is 0 Å². The van der Waals surface area contributed by atoms with Gasteiger partial charge in [0.15, 0.2) is 0 Å². The third kappa shape index (κ3) is 3.22. The van der Waals surface area contributed by atoms with E-state index in [1.807, 2.05) is 24.3 Å². The lowest BCUT2D eigenvalue weighted by molar-refractivity contribution is -0.127. The van der Waals surface area contributed by atoms with Crippen molar-refractivity contribution in [1.29, 1.82) is 0 Å². The Hall–Kier alpha value is -2.47. The second-order valence-corrected chi connectivity index (χ2v) is 6.78. The third-order valence-electron chi connectivity index (χ3n) is 5.24. The number of aromatic nitrogens is 2. The zero-order valence-corrected chi connectivity index (χ0v) is 14.0. The third-order valence-corrected chi connectivity index (χ3v) is 5.24. The highest BCUT2D eigenvalue weighted by atomic mass is 16.3. The minimum absolute atomic E-state index is 0.0205. The van der Waals surface area contributed by atoms with Crippen LogP contribution in [0.4, 0.5) is 5.82 Å². The van der Waals surface area contributed by atoms with Crippen LogP contribution in [0.1, 0.15) is 30.0 Å². The number of nitrogens with one attached hydrogen (secondary N) is 1. The normalized spacial score (nSPS) is 23.3. The largest absolute Gasteiger partial charge is 0.390 e. The molecule has 2 aliphatic rings. The molecule has 6 nitrogen and oxygen atoms in total. The van der Waals surface area contributed by atoms with Gasteiger partial charge >= 0.3 is 0 Å². The van der Waals surface area contributed by atoms with E-state index in [1.165, 1.54) is 0 Å². The van der Waals surface area contributed by atoms with Gasteiger partial charge in [0.2, 0.25) is 5.91 Å². The Morgan fingerprint density at radius 2 is 2.00 bits per heavy atom. The molecule has 1 saturated heterocycles. The maximum Gasteiger partial charge on any atom is 0.223 e.